The van der Waals surface area contributed by atoms with Crippen molar-refractivity contribution in [3.63, 3.8) is 0 Å². The number of hydrogen-bond donors (Lipinski definition) is 1. The summed E-state index contributed by atoms with van der Waals surface area (Å²) in [5.41, 5.74) is 4.21. The van der Waals surface area contributed by atoms with E-state index in [1.807, 2.05) is 28.8 Å². The zero-order chi connectivity index (χ0) is 14.1. The molecule has 0 bridgehead atoms. The lowest BCUT2D eigenvalue weighted by molar-refractivity contribution is 0.415. The van der Waals surface area contributed by atoms with Gasteiger partial charge in [-0.15, -0.1) is 0 Å². The maximum Gasteiger partial charge on any atom is 0.178 e. The highest BCUT2D eigenvalue weighted by Crippen LogP contribution is 2.21. The van der Waals surface area contributed by atoms with Crippen molar-refractivity contribution in [3.05, 3.63) is 52.6 Å². The van der Waals surface area contributed by atoms with Crippen LogP contribution in [0.4, 0.5) is 0 Å². The first-order valence-electron chi connectivity index (χ1n) is 6.36. The van der Waals surface area contributed by atoms with Crippen LogP contribution in [0.25, 0.3) is 11.0 Å². The van der Waals surface area contributed by atoms with Crippen molar-refractivity contribution in [2.24, 2.45) is 0 Å². The van der Waals surface area contributed by atoms with Gasteiger partial charge in [-0.1, -0.05) is 6.07 Å². The first kappa shape index (κ1) is 12.9. The smallest absolute Gasteiger partial charge is 0.178 e. The quantitative estimate of drug-likeness (QED) is 0.749. The van der Waals surface area contributed by atoms with Crippen LogP contribution in [0.15, 0.2) is 36.5 Å². The van der Waals surface area contributed by atoms with Crippen LogP contribution in [0.5, 0.6) is 5.75 Å². The lowest BCUT2D eigenvalue weighted by Crippen LogP contribution is -2.03. The molecule has 0 amide bonds. The second-order valence-electron chi connectivity index (χ2n) is 4.67. The predicted octanol–water partition coefficient (Wildman–Crippen LogP) is 3.46. The average Bonchev–Trinajstić information content (AvgIpc) is 2.77. The average molecular weight is 285 g/mol. The SMILES string of the molecule is COc1ccc2[nH]c(=S)n(Cc3ncccc3C)c2c1. The monoisotopic (exact) mass is 285 g/mol. The molecule has 20 heavy (non-hydrogen) atoms. The molecule has 3 aromatic rings. The van der Waals surface area contributed by atoms with Crippen LogP contribution in [-0.4, -0.2) is 21.6 Å². The lowest BCUT2D eigenvalue weighted by Gasteiger charge is -2.07. The number of nitrogens with one attached hydrogen (secondary N) is 1. The third-order valence-corrected chi connectivity index (χ3v) is 3.73. The van der Waals surface area contributed by atoms with Crippen LogP contribution < -0.4 is 4.74 Å². The Bertz CT molecular complexity index is 819. The van der Waals surface area contributed by atoms with Crippen molar-refractivity contribution in [1.29, 1.82) is 0 Å². The van der Waals surface area contributed by atoms with Crippen molar-refractivity contribution < 1.29 is 4.74 Å². The minimum Gasteiger partial charge on any atom is -0.497 e. The molecule has 0 saturated heterocycles. The van der Waals surface area contributed by atoms with E-state index in [1.54, 1.807) is 13.3 Å². The number of fused-ring (bicyclic) bond motifs is 1. The number of aryl methyl sites for hydroxylation is 1. The fourth-order valence-electron chi connectivity index (χ4n) is 2.25. The minimum atomic E-state index is 0.651. The topological polar surface area (TPSA) is 42.8 Å². The van der Waals surface area contributed by atoms with Gasteiger partial charge < -0.3 is 14.3 Å². The number of aromatic nitrogens is 3. The zero-order valence-electron chi connectivity index (χ0n) is 11.4. The lowest BCUT2D eigenvalue weighted by atomic mass is 10.2. The van der Waals surface area contributed by atoms with E-state index in [-0.39, 0.29) is 0 Å². The Morgan fingerprint density at radius 3 is 2.95 bits per heavy atom. The second kappa shape index (κ2) is 5.09. The molecule has 0 atom stereocenters. The molecular weight excluding hydrogens is 270 g/mol. The van der Waals surface area contributed by atoms with Crippen LogP contribution in [-0.2, 0) is 6.54 Å². The number of aromatic amines is 1. The highest BCUT2D eigenvalue weighted by Gasteiger charge is 2.08. The zero-order valence-corrected chi connectivity index (χ0v) is 12.2. The van der Waals surface area contributed by atoms with Gasteiger partial charge in [0.05, 0.1) is 30.4 Å². The van der Waals surface area contributed by atoms with E-state index in [2.05, 4.69) is 23.0 Å². The molecule has 0 unspecified atom stereocenters. The first-order valence-corrected chi connectivity index (χ1v) is 6.77. The molecule has 0 saturated carbocycles. The molecule has 0 aliphatic carbocycles. The summed E-state index contributed by atoms with van der Waals surface area (Å²) in [6.45, 7) is 2.71. The van der Waals surface area contributed by atoms with E-state index < -0.39 is 0 Å². The number of hydrogen-bond acceptors (Lipinski definition) is 3. The van der Waals surface area contributed by atoms with Crippen LogP contribution in [0.3, 0.4) is 0 Å². The summed E-state index contributed by atoms with van der Waals surface area (Å²) in [6, 6.07) is 9.88. The number of benzene rings is 1. The number of imidazole rings is 1. The molecule has 102 valence electrons. The maximum absolute atomic E-state index is 5.41. The van der Waals surface area contributed by atoms with E-state index in [1.165, 1.54) is 0 Å². The molecule has 4 nitrogen and oxygen atoms in total. The van der Waals surface area contributed by atoms with Gasteiger partial charge in [0, 0.05) is 12.3 Å². The van der Waals surface area contributed by atoms with E-state index >= 15 is 0 Å². The fourth-order valence-corrected chi connectivity index (χ4v) is 2.52. The van der Waals surface area contributed by atoms with E-state index in [4.69, 9.17) is 17.0 Å². The van der Waals surface area contributed by atoms with Gasteiger partial charge in [-0.3, -0.25) is 4.98 Å². The van der Waals surface area contributed by atoms with Crippen molar-refractivity contribution in [2.75, 3.05) is 7.11 Å². The molecule has 0 fully saturated rings. The summed E-state index contributed by atoms with van der Waals surface area (Å²) in [6.07, 6.45) is 1.81. The van der Waals surface area contributed by atoms with Crippen LogP contribution in [0, 0.1) is 11.7 Å². The Hall–Kier alpha value is -2.14. The third kappa shape index (κ3) is 2.20. The second-order valence-corrected chi connectivity index (χ2v) is 5.05. The standard InChI is InChI=1S/C15H15N3OS/c1-10-4-3-7-16-13(10)9-18-14-8-11(19-2)5-6-12(14)17-15(18)20/h3-8H,9H2,1-2H3,(H,17,20). The van der Waals surface area contributed by atoms with Crippen LogP contribution >= 0.6 is 12.2 Å². The highest BCUT2D eigenvalue weighted by atomic mass is 32.1. The molecule has 3 rings (SSSR count). The van der Waals surface area contributed by atoms with Gasteiger partial charge in [-0.25, -0.2) is 0 Å². The summed E-state index contributed by atoms with van der Waals surface area (Å²) in [4.78, 5) is 7.64. The van der Waals surface area contributed by atoms with E-state index in [0.29, 0.717) is 11.3 Å². The number of pyridine rings is 1. The van der Waals surface area contributed by atoms with Crippen molar-refractivity contribution in [1.82, 2.24) is 14.5 Å². The van der Waals surface area contributed by atoms with E-state index in [9.17, 15) is 0 Å². The van der Waals surface area contributed by atoms with Crippen LogP contribution in [0.1, 0.15) is 11.3 Å². The minimum absolute atomic E-state index is 0.651. The Balaban J connectivity index is 2.13. The van der Waals surface area contributed by atoms with Gasteiger partial charge in [0.2, 0.25) is 0 Å². The number of H-pyrrole nitrogens is 1. The molecule has 0 aliphatic rings. The molecule has 0 spiro atoms. The van der Waals surface area contributed by atoms with E-state index in [0.717, 1.165) is 28.0 Å². The van der Waals surface area contributed by atoms with Crippen LogP contribution in [0.2, 0.25) is 0 Å². The molecular formula is C15H15N3OS. The third-order valence-electron chi connectivity index (χ3n) is 3.41. The highest BCUT2D eigenvalue weighted by molar-refractivity contribution is 7.71. The van der Waals surface area contributed by atoms with Gasteiger partial charge in [0.15, 0.2) is 4.77 Å². The molecule has 0 aliphatic heterocycles. The normalized spacial score (nSPS) is 10.9. The number of nitrogens with zero attached hydrogens (tertiary/aromatic N) is 2. The summed E-state index contributed by atoms with van der Waals surface area (Å²) in [5.74, 6) is 0.818. The van der Waals surface area contributed by atoms with Crippen molar-refractivity contribution in [3.8, 4) is 5.75 Å². The summed E-state index contributed by atoms with van der Waals surface area (Å²) >= 11 is 5.41. The molecule has 1 aromatic carbocycles. The van der Waals surface area contributed by atoms with Crippen molar-refractivity contribution in [2.45, 2.75) is 13.5 Å². The molecule has 5 heteroatoms. The molecule has 2 heterocycles. The summed E-state index contributed by atoms with van der Waals surface area (Å²) in [7, 11) is 1.66. The molecule has 0 radical (unpaired) electrons. The van der Waals surface area contributed by atoms with Gasteiger partial charge in [0.1, 0.15) is 5.75 Å². The maximum atomic E-state index is 5.41. The molecule has 2 aromatic heterocycles. The summed E-state index contributed by atoms with van der Waals surface area (Å²) < 4.78 is 8.02. The largest absolute Gasteiger partial charge is 0.497 e. The Morgan fingerprint density at radius 2 is 2.20 bits per heavy atom. The summed E-state index contributed by atoms with van der Waals surface area (Å²) in [5, 5.41) is 0. The van der Waals surface area contributed by atoms with Gasteiger partial charge in [-0.2, -0.15) is 0 Å². The predicted molar refractivity (Wildman–Crippen MR) is 81.8 cm³/mol. The van der Waals surface area contributed by atoms with Crippen molar-refractivity contribution >= 4 is 23.3 Å². The Morgan fingerprint density at radius 1 is 1.35 bits per heavy atom. The van der Waals surface area contributed by atoms with Gasteiger partial charge in [0.25, 0.3) is 0 Å². The first-order chi connectivity index (χ1) is 9.69. The Labute approximate surface area is 122 Å². The van der Waals surface area contributed by atoms with Gasteiger partial charge >= 0.3 is 0 Å². The molecule has 1 N–H and O–H groups in total. The fraction of sp³-hybridized carbons (Fsp3) is 0.200. The number of ether oxygens (including phenoxy) is 1. The Kier molecular flexibility index (Phi) is 3.28. The number of methoxy groups -OCH3 is 1. The number of rotatable bonds is 3. The van der Waals surface area contributed by atoms with Gasteiger partial charge in [-0.05, 0) is 42.9 Å².